The highest BCUT2D eigenvalue weighted by Crippen LogP contribution is 2.16. The van der Waals surface area contributed by atoms with Crippen molar-refractivity contribution >= 4 is 21.7 Å². The number of sulfonamides is 1. The normalized spacial score (nSPS) is 11.1. The minimum absolute atomic E-state index is 0.0669. The first-order chi connectivity index (χ1) is 9.87. The van der Waals surface area contributed by atoms with Crippen molar-refractivity contribution in [3.05, 3.63) is 53.9 Å². The molecule has 0 aliphatic heterocycles. The number of aliphatic carboxylic acids is 1. The van der Waals surface area contributed by atoms with Gasteiger partial charge in [0.25, 0.3) is 10.0 Å². The van der Waals surface area contributed by atoms with E-state index in [9.17, 15) is 13.2 Å². The van der Waals surface area contributed by atoms with Crippen molar-refractivity contribution in [1.82, 2.24) is 4.98 Å². The first-order valence-electron chi connectivity index (χ1n) is 6.13. The molecule has 0 atom stereocenters. The van der Waals surface area contributed by atoms with Gasteiger partial charge in [-0.3, -0.25) is 14.5 Å². The summed E-state index contributed by atoms with van der Waals surface area (Å²) in [5.41, 5.74) is 1.70. The largest absolute Gasteiger partial charge is 0.481 e. The van der Waals surface area contributed by atoms with Gasteiger partial charge in [0.1, 0.15) is 0 Å². The summed E-state index contributed by atoms with van der Waals surface area (Å²) < 4.78 is 26.7. The van der Waals surface area contributed by atoms with E-state index in [1.165, 1.54) is 30.5 Å². The Morgan fingerprint density at radius 3 is 2.38 bits per heavy atom. The standard InChI is InChI=1S/C14H14N2O4S/c1-10-2-5-12(9-15-10)16-21(19,20)13-6-3-11(4-7-13)8-14(17)18/h2-7,9,16H,8H2,1H3,(H,17,18). The summed E-state index contributed by atoms with van der Waals surface area (Å²) in [6, 6.07) is 9.04. The van der Waals surface area contributed by atoms with Gasteiger partial charge in [-0.25, -0.2) is 8.42 Å². The molecular weight excluding hydrogens is 292 g/mol. The Hall–Kier alpha value is -2.41. The Morgan fingerprint density at radius 1 is 1.19 bits per heavy atom. The number of anilines is 1. The first kappa shape index (κ1) is 15.0. The van der Waals surface area contributed by atoms with Crippen LogP contribution >= 0.6 is 0 Å². The molecule has 6 nitrogen and oxygen atoms in total. The summed E-state index contributed by atoms with van der Waals surface area (Å²) in [5.74, 6) is -0.963. The van der Waals surface area contributed by atoms with Crippen molar-refractivity contribution in [1.29, 1.82) is 0 Å². The van der Waals surface area contributed by atoms with Gasteiger partial charge in [-0.15, -0.1) is 0 Å². The summed E-state index contributed by atoms with van der Waals surface area (Å²) in [6.07, 6.45) is 1.29. The van der Waals surface area contributed by atoms with E-state index in [4.69, 9.17) is 5.11 Å². The Balaban J connectivity index is 2.19. The lowest BCUT2D eigenvalue weighted by molar-refractivity contribution is -0.136. The first-order valence-corrected chi connectivity index (χ1v) is 7.61. The zero-order valence-electron chi connectivity index (χ0n) is 11.3. The smallest absolute Gasteiger partial charge is 0.307 e. The van der Waals surface area contributed by atoms with Crippen LogP contribution in [0.25, 0.3) is 0 Å². The van der Waals surface area contributed by atoms with Crippen LogP contribution in [0, 0.1) is 6.92 Å². The van der Waals surface area contributed by atoms with Crippen LogP contribution in [-0.4, -0.2) is 24.5 Å². The molecule has 0 saturated carbocycles. The van der Waals surface area contributed by atoms with Gasteiger partial charge in [0.2, 0.25) is 0 Å². The molecule has 2 N–H and O–H groups in total. The summed E-state index contributed by atoms with van der Waals surface area (Å²) >= 11 is 0. The minimum Gasteiger partial charge on any atom is -0.481 e. The monoisotopic (exact) mass is 306 g/mol. The van der Waals surface area contributed by atoms with Crippen LogP contribution in [0.3, 0.4) is 0 Å². The van der Waals surface area contributed by atoms with Gasteiger partial charge in [-0.05, 0) is 36.8 Å². The maximum Gasteiger partial charge on any atom is 0.307 e. The molecule has 1 heterocycles. The quantitative estimate of drug-likeness (QED) is 0.878. The average molecular weight is 306 g/mol. The van der Waals surface area contributed by atoms with Crippen molar-refractivity contribution in [3.63, 3.8) is 0 Å². The lowest BCUT2D eigenvalue weighted by Crippen LogP contribution is -2.13. The number of rotatable bonds is 5. The van der Waals surface area contributed by atoms with Gasteiger partial charge >= 0.3 is 5.97 Å². The third-order valence-corrected chi connectivity index (χ3v) is 4.15. The Labute approximate surface area is 122 Å². The molecule has 7 heteroatoms. The Morgan fingerprint density at radius 2 is 1.86 bits per heavy atom. The minimum atomic E-state index is -3.71. The number of nitrogens with one attached hydrogen (secondary N) is 1. The molecule has 2 aromatic rings. The van der Waals surface area contributed by atoms with Gasteiger partial charge < -0.3 is 5.11 Å². The third-order valence-electron chi connectivity index (χ3n) is 2.75. The molecule has 0 aliphatic rings. The van der Waals surface area contributed by atoms with E-state index in [1.807, 2.05) is 0 Å². The van der Waals surface area contributed by atoms with Crippen LogP contribution in [0.15, 0.2) is 47.5 Å². The number of aromatic nitrogens is 1. The number of nitrogens with zero attached hydrogens (tertiary/aromatic N) is 1. The number of benzene rings is 1. The Kier molecular flexibility index (Phi) is 4.23. The molecule has 2 rings (SSSR count). The summed E-state index contributed by atoms with van der Waals surface area (Å²) in [5, 5.41) is 8.68. The maximum atomic E-state index is 12.2. The molecule has 0 aliphatic carbocycles. The number of carbonyl (C=O) groups is 1. The van der Waals surface area contributed by atoms with E-state index in [1.54, 1.807) is 19.1 Å². The number of carboxylic acids is 1. The summed E-state index contributed by atoms with van der Waals surface area (Å²) in [7, 11) is -3.71. The van der Waals surface area contributed by atoms with Crippen molar-refractivity contribution in [2.75, 3.05) is 4.72 Å². The van der Waals surface area contributed by atoms with Crippen LogP contribution in [-0.2, 0) is 21.2 Å². The van der Waals surface area contributed by atoms with Gasteiger partial charge in [0, 0.05) is 5.69 Å². The fraction of sp³-hybridized carbons (Fsp3) is 0.143. The summed E-state index contributed by atoms with van der Waals surface area (Å²) in [6.45, 7) is 1.81. The SMILES string of the molecule is Cc1ccc(NS(=O)(=O)c2ccc(CC(=O)O)cc2)cn1. The van der Waals surface area contributed by atoms with Crippen molar-refractivity contribution in [2.24, 2.45) is 0 Å². The second-order valence-electron chi connectivity index (χ2n) is 4.51. The van der Waals surface area contributed by atoms with Gasteiger partial charge in [0.05, 0.1) is 23.2 Å². The molecule has 0 fully saturated rings. The number of hydrogen-bond acceptors (Lipinski definition) is 4. The van der Waals surface area contributed by atoms with Crippen molar-refractivity contribution in [3.8, 4) is 0 Å². The summed E-state index contributed by atoms with van der Waals surface area (Å²) in [4.78, 5) is 14.7. The topological polar surface area (TPSA) is 96.4 Å². The number of hydrogen-bond donors (Lipinski definition) is 2. The number of carboxylic acid groups (broad SMARTS) is 1. The van der Waals surface area contributed by atoms with Crippen LogP contribution < -0.4 is 4.72 Å². The molecule has 0 amide bonds. The molecular formula is C14H14N2O4S. The lowest BCUT2D eigenvalue weighted by Gasteiger charge is -2.08. The Bertz CT molecular complexity index is 738. The third kappa shape index (κ3) is 4.03. The predicted molar refractivity (Wildman–Crippen MR) is 77.6 cm³/mol. The molecule has 0 radical (unpaired) electrons. The van der Waals surface area contributed by atoms with E-state index in [0.717, 1.165) is 5.69 Å². The van der Waals surface area contributed by atoms with Crippen molar-refractivity contribution in [2.45, 2.75) is 18.2 Å². The highest BCUT2D eigenvalue weighted by atomic mass is 32.2. The molecule has 0 unspecified atom stereocenters. The van der Waals surface area contributed by atoms with Gasteiger partial charge in [-0.1, -0.05) is 12.1 Å². The van der Waals surface area contributed by atoms with E-state index in [2.05, 4.69) is 9.71 Å². The second kappa shape index (κ2) is 5.92. The fourth-order valence-corrected chi connectivity index (χ4v) is 2.75. The molecule has 110 valence electrons. The zero-order chi connectivity index (χ0) is 15.5. The maximum absolute atomic E-state index is 12.2. The molecule has 1 aromatic heterocycles. The molecule has 1 aromatic carbocycles. The molecule has 0 spiro atoms. The highest BCUT2D eigenvalue weighted by Gasteiger charge is 2.14. The zero-order valence-corrected chi connectivity index (χ0v) is 12.1. The molecule has 0 bridgehead atoms. The van der Waals surface area contributed by atoms with E-state index >= 15 is 0 Å². The average Bonchev–Trinajstić information content (AvgIpc) is 2.41. The van der Waals surface area contributed by atoms with Crippen LogP contribution in [0.5, 0.6) is 0 Å². The second-order valence-corrected chi connectivity index (χ2v) is 6.19. The van der Waals surface area contributed by atoms with Gasteiger partial charge in [-0.2, -0.15) is 0 Å². The molecule has 0 saturated heterocycles. The van der Waals surface area contributed by atoms with E-state index < -0.39 is 16.0 Å². The van der Waals surface area contributed by atoms with Crippen LogP contribution in [0.4, 0.5) is 5.69 Å². The number of pyridine rings is 1. The number of aryl methyl sites for hydroxylation is 1. The van der Waals surface area contributed by atoms with Crippen LogP contribution in [0.2, 0.25) is 0 Å². The lowest BCUT2D eigenvalue weighted by atomic mass is 10.2. The fourth-order valence-electron chi connectivity index (χ4n) is 1.70. The van der Waals surface area contributed by atoms with E-state index in [0.29, 0.717) is 11.3 Å². The van der Waals surface area contributed by atoms with E-state index in [-0.39, 0.29) is 11.3 Å². The molecule has 21 heavy (non-hydrogen) atoms. The highest BCUT2D eigenvalue weighted by molar-refractivity contribution is 7.92. The van der Waals surface area contributed by atoms with Crippen molar-refractivity contribution < 1.29 is 18.3 Å². The van der Waals surface area contributed by atoms with Crippen LogP contribution in [0.1, 0.15) is 11.3 Å². The predicted octanol–water partition coefficient (Wildman–Crippen LogP) is 1.82. The van der Waals surface area contributed by atoms with Gasteiger partial charge in [0.15, 0.2) is 0 Å².